The summed E-state index contributed by atoms with van der Waals surface area (Å²) in [5.41, 5.74) is 1.99. The fourth-order valence-corrected chi connectivity index (χ4v) is 2.20. The fourth-order valence-electron chi connectivity index (χ4n) is 1.34. The second-order valence-corrected chi connectivity index (χ2v) is 5.06. The molecule has 78 valence electrons. The Balaban J connectivity index is 2.91. The summed E-state index contributed by atoms with van der Waals surface area (Å²) in [5.74, 6) is 0. The number of benzene rings is 1. The number of aryl methyl sites for hydroxylation is 1. The van der Waals surface area contributed by atoms with Gasteiger partial charge in [0.15, 0.2) is 0 Å². The minimum atomic E-state index is -3.44. The molecule has 0 spiro atoms. The summed E-state index contributed by atoms with van der Waals surface area (Å²) < 4.78 is 15.9. The van der Waals surface area contributed by atoms with Gasteiger partial charge in [-0.3, -0.25) is 4.57 Å². The lowest BCUT2D eigenvalue weighted by Crippen LogP contribution is -1.94. The molecule has 0 aromatic heterocycles. The lowest BCUT2D eigenvalue weighted by atomic mass is 10.1. The zero-order valence-corrected chi connectivity index (χ0v) is 9.33. The van der Waals surface area contributed by atoms with Gasteiger partial charge in [0.05, 0.1) is 6.16 Å². The standard InChI is InChI=1S/C10H15O3P/c1-3-9-6-4-5-7-10(9)8-14(11,12)13-2/h4-7H,3,8H2,1-2H3,(H,11,12). The van der Waals surface area contributed by atoms with Crippen LogP contribution in [0.25, 0.3) is 0 Å². The highest BCUT2D eigenvalue weighted by atomic mass is 31.2. The maximum atomic E-state index is 11.4. The molecule has 1 rings (SSSR count). The molecule has 0 aliphatic heterocycles. The molecule has 0 saturated carbocycles. The Morgan fingerprint density at radius 2 is 1.93 bits per heavy atom. The van der Waals surface area contributed by atoms with Crippen molar-refractivity contribution in [3.63, 3.8) is 0 Å². The van der Waals surface area contributed by atoms with Crippen LogP contribution < -0.4 is 0 Å². The van der Waals surface area contributed by atoms with E-state index < -0.39 is 7.60 Å². The van der Waals surface area contributed by atoms with Crippen LogP contribution >= 0.6 is 7.60 Å². The van der Waals surface area contributed by atoms with Crippen LogP contribution in [0.3, 0.4) is 0 Å². The van der Waals surface area contributed by atoms with Crippen molar-refractivity contribution in [3.05, 3.63) is 35.4 Å². The molecule has 1 aromatic rings. The van der Waals surface area contributed by atoms with Crippen molar-refractivity contribution in [2.24, 2.45) is 0 Å². The maximum absolute atomic E-state index is 11.4. The number of hydrogen-bond acceptors (Lipinski definition) is 2. The molecule has 1 atom stereocenters. The van der Waals surface area contributed by atoms with E-state index in [0.29, 0.717) is 0 Å². The average molecular weight is 214 g/mol. The molecule has 14 heavy (non-hydrogen) atoms. The molecular formula is C10H15O3P. The summed E-state index contributed by atoms with van der Waals surface area (Å²) in [4.78, 5) is 9.33. The van der Waals surface area contributed by atoms with E-state index in [1.54, 1.807) is 0 Å². The van der Waals surface area contributed by atoms with E-state index in [1.807, 2.05) is 31.2 Å². The molecule has 3 nitrogen and oxygen atoms in total. The average Bonchev–Trinajstić information content (AvgIpc) is 2.18. The van der Waals surface area contributed by atoms with E-state index >= 15 is 0 Å². The zero-order valence-electron chi connectivity index (χ0n) is 8.43. The maximum Gasteiger partial charge on any atom is 0.332 e. The molecule has 0 bridgehead atoms. The second-order valence-electron chi connectivity index (χ2n) is 3.10. The molecular weight excluding hydrogens is 199 g/mol. The van der Waals surface area contributed by atoms with Gasteiger partial charge in [-0.25, -0.2) is 0 Å². The van der Waals surface area contributed by atoms with Crippen molar-refractivity contribution < 1.29 is 14.0 Å². The van der Waals surface area contributed by atoms with Gasteiger partial charge in [0.25, 0.3) is 0 Å². The first kappa shape index (κ1) is 11.4. The third-order valence-electron chi connectivity index (χ3n) is 2.15. The van der Waals surface area contributed by atoms with E-state index in [1.165, 1.54) is 7.11 Å². The molecule has 0 heterocycles. The van der Waals surface area contributed by atoms with Crippen molar-refractivity contribution >= 4 is 7.60 Å². The SMILES string of the molecule is CCc1ccccc1CP(=O)(O)OC. The van der Waals surface area contributed by atoms with Crippen LogP contribution in [0.15, 0.2) is 24.3 Å². The van der Waals surface area contributed by atoms with Crippen molar-refractivity contribution in [2.45, 2.75) is 19.5 Å². The van der Waals surface area contributed by atoms with Gasteiger partial charge in [-0.1, -0.05) is 31.2 Å². The molecule has 0 fully saturated rings. The first-order valence-corrected chi connectivity index (χ1v) is 6.29. The van der Waals surface area contributed by atoms with Crippen LogP contribution in [-0.2, 0) is 21.7 Å². The quantitative estimate of drug-likeness (QED) is 0.783. The van der Waals surface area contributed by atoms with Gasteiger partial charge >= 0.3 is 7.60 Å². The summed E-state index contributed by atoms with van der Waals surface area (Å²) in [6, 6.07) is 7.62. The topological polar surface area (TPSA) is 46.5 Å². The van der Waals surface area contributed by atoms with Gasteiger partial charge in [-0.05, 0) is 17.5 Å². The minimum absolute atomic E-state index is 0.0908. The smallest absolute Gasteiger partial charge is 0.324 e. The first-order chi connectivity index (χ1) is 6.59. The van der Waals surface area contributed by atoms with E-state index in [4.69, 9.17) is 0 Å². The van der Waals surface area contributed by atoms with E-state index in [2.05, 4.69) is 4.52 Å². The Morgan fingerprint density at radius 3 is 2.43 bits per heavy atom. The third kappa shape index (κ3) is 2.95. The lowest BCUT2D eigenvalue weighted by Gasteiger charge is -2.11. The normalized spacial score (nSPS) is 15.1. The molecule has 0 aliphatic carbocycles. The zero-order chi connectivity index (χ0) is 10.6. The number of hydrogen-bond donors (Lipinski definition) is 1. The molecule has 0 radical (unpaired) electrons. The Morgan fingerprint density at radius 1 is 1.36 bits per heavy atom. The van der Waals surface area contributed by atoms with Crippen molar-refractivity contribution in [3.8, 4) is 0 Å². The Bertz CT molecular complexity index is 349. The Labute approximate surface area is 84.3 Å². The van der Waals surface area contributed by atoms with Gasteiger partial charge in [0.1, 0.15) is 0 Å². The third-order valence-corrected chi connectivity index (χ3v) is 3.47. The summed E-state index contributed by atoms with van der Waals surface area (Å²) in [7, 11) is -2.18. The summed E-state index contributed by atoms with van der Waals surface area (Å²) in [6.07, 6.45) is 0.952. The van der Waals surface area contributed by atoms with Gasteiger partial charge in [-0.2, -0.15) is 0 Å². The highest BCUT2D eigenvalue weighted by Crippen LogP contribution is 2.45. The van der Waals surface area contributed by atoms with Gasteiger partial charge in [0, 0.05) is 7.11 Å². The molecule has 1 aromatic carbocycles. The summed E-state index contributed by atoms with van der Waals surface area (Å²) in [5, 5.41) is 0. The first-order valence-electron chi connectivity index (χ1n) is 4.53. The molecule has 4 heteroatoms. The van der Waals surface area contributed by atoms with Crippen LogP contribution in [0.2, 0.25) is 0 Å². The van der Waals surface area contributed by atoms with Gasteiger partial charge < -0.3 is 9.42 Å². The minimum Gasteiger partial charge on any atom is -0.324 e. The predicted octanol–water partition coefficient (Wildman–Crippen LogP) is 2.58. The molecule has 0 aliphatic rings. The predicted molar refractivity (Wildman–Crippen MR) is 56.4 cm³/mol. The molecule has 1 N–H and O–H groups in total. The highest BCUT2D eigenvalue weighted by molar-refractivity contribution is 7.51. The van der Waals surface area contributed by atoms with Crippen molar-refractivity contribution in [1.29, 1.82) is 0 Å². The van der Waals surface area contributed by atoms with Crippen LogP contribution in [-0.4, -0.2) is 12.0 Å². The van der Waals surface area contributed by atoms with Crippen LogP contribution in [0.5, 0.6) is 0 Å². The van der Waals surface area contributed by atoms with E-state index in [-0.39, 0.29) is 6.16 Å². The number of rotatable bonds is 4. The summed E-state index contributed by atoms with van der Waals surface area (Å²) >= 11 is 0. The summed E-state index contributed by atoms with van der Waals surface area (Å²) in [6.45, 7) is 2.02. The van der Waals surface area contributed by atoms with E-state index in [9.17, 15) is 9.46 Å². The fraction of sp³-hybridized carbons (Fsp3) is 0.400. The Kier molecular flexibility index (Phi) is 3.87. The van der Waals surface area contributed by atoms with Crippen LogP contribution in [0, 0.1) is 0 Å². The Hall–Kier alpha value is -0.630. The van der Waals surface area contributed by atoms with E-state index in [0.717, 1.165) is 17.5 Å². The van der Waals surface area contributed by atoms with Crippen LogP contribution in [0.1, 0.15) is 18.1 Å². The molecule has 0 saturated heterocycles. The monoisotopic (exact) mass is 214 g/mol. The lowest BCUT2D eigenvalue weighted by molar-refractivity contribution is 0.314. The second kappa shape index (κ2) is 4.74. The van der Waals surface area contributed by atoms with Gasteiger partial charge in [0.2, 0.25) is 0 Å². The van der Waals surface area contributed by atoms with Crippen molar-refractivity contribution in [1.82, 2.24) is 0 Å². The van der Waals surface area contributed by atoms with Crippen molar-refractivity contribution in [2.75, 3.05) is 7.11 Å². The van der Waals surface area contributed by atoms with Crippen LogP contribution in [0.4, 0.5) is 0 Å². The highest BCUT2D eigenvalue weighted by Gasteiger charge is 2.18. The molecule has 0 amide bonds. The molecule has 1 unspecified atom stereocenters. The largest absolute Gasteiger partial charge is 0.332 e. The van der Waals surface area contributed by atoms with Gasteiger partial charge in [-0.15, -0.1) is 0 Å².